The van der Waals surface area contributed by atoms with Crippen molar-refractivity contribution in [3.63, 3.8) is 0 Å². The summed E-state index contributed by atoms with van der Waals surface area (Å²) >= 11 is 4.24. The van der Waals surface area contributed by atoms with Crippen molar-refractivity contribution < 1.29 is 9.66 Å². The molecule has 0 aliphatic heterocycles. The number of unbranched alkanes of at least 4 members (excludes halogenated alkanes) is 1. The number of ether oxygens (including phenoxy) is 1. The molecule has 0 spiro atoms. The fraction of sp³-hybridized carbons (Fsp3) is 0.455. The molecular formula is C22H29I2N3O3. The van der Waals surface area contributed by atoms with Gasteiger partial charge in [0.25, 0.3) is 5.69 Å². The van der Waals surface area contributed by atoms with Gasteiger partial charge in [-0.3, -0.25) is 10.1 Å². The van der Waals surface area contributed by atoms with Crippen molar-refractivity contribution in [2.45, 2.75) is 53.4 Å². The molecule has 0 heterocycles. The number of halogens is 2. The predicted molar refractivity (Wildman–Crippen MR) is 140 cm³/mol. The molecule has 0 fully saturated rings. The molecule has 2 aromatic carbocycles. The molecule has 0 aliphatic rings. The summed E-state index contributed by atoms with van der Waals surface area (Å²) < 4.78 is 6.08. The first kappa shape index (κ1) is 26.7. The molecule has 0 bridgehead atoms. The van der Waals surface area contributed by atoms with Gasteiger partial charge in [0.05, 0.1) is 22.9 Å². The minimum absolute atomic E-state index is 0.0387. The van der Waals surface area contributed by atoms with Crippen molar-refractivity contribution in [3.05, 3.63) is 57.6 Å². The van der Waals surface area contributed by atoms with Gasteiger partial charge in [0.15, 0.2) is 0 Å². The number of azo groups is 1. The van der Waals surface area contributed by atoms with Gasteiger partial charge in [0, 0.05) is 49.4 Å². The Morgan fingerprint density at radius 2 is 1.73 bits per heavy atom. The van der Waals surface area contributed by atoms with E-state index in [1.54, 1.807) is 12.1 Å². The third-order valence-electron chi connectivity index (χ3n) is 4.85. The van der Waals surface area contributed by atoms with E-state index in [0.29, 0.717) is 11.6 Å². The van der Waals surface area contributed by atoms with Crippen LogP contribution in [0.4, 0.5) is 17.1 Å². The van der Waals surface area contributed by atoms with Crippen LogP contribution in [-0.4, -0.2) is 11.5 Å². The molecule has 0 amide bonds. The Morgan fingerprint density at radius 1 is 1.07 bits per heavy atom. The van der Waals surface area contributed by atoms with E-state index in [0.717, 1.165) is 35.6 Å². The molecule has 1 atom stereocenters. The Kier molecular flexibility index (Phi) is 13.1. The van der Waals surface area contributed by atoms with E-state index in [2.05, 4.69) is 61.3 Å². The molecule has 0 aliphatic carbocycles. The normalized spacial score (nSPS) is 11.7. The molecule has 164 valence electrons. The highest BCUT2D eigenvalue weighted by molar-refractivity contribution is 15.0. The van der Waals surface area contributed by atoms with Crippen LogP contribution in [0.1, 0.15) is 50.7 Å². The number of non-ortho nitro benzene ring substituents is 1. The maximum absolute atomic E-state index is 10.7. The zero-order valence-corrected chi connectivity index (χ0v) is 22.2. The molecule has 1 unspecified atom stereocenters. The van der Waals surface area contributed by atoms with Crippen LogP contribution in [0.25, 0.3) is 0 Å². The van der Waals surface area contributed by atoms with Crippen molar-refractivity contribution in [2.24, 2.45) is 16.1 Å². The van der Waals surface area contributed by atoms with E-state index < -0.39 is 4.92 Å². The van der Waals surface area contributed by atoms with Gasteiger partial charge in [-0.15, -0.1) is 0 Å². The first-order valence-electron chi connectivity index (χ1n) is 9.99. The summed E-state index contributed by atoms with van der Waals surface area (Å²) in [6, 6.07) is 9.99. The Bertz CT molecular complexity index is 827. The lowest BCUT2D eigenvalue weighted by molar-refractivity contribution is -0.384. The highest BCUT2D eigenvalue weighted by atomic mass is 128. The summed E-state index contributed by atoms with van der Waals surface area (Å²) in [6.07, 6.45) is 4.77. The molecule has 0 radical (unpaired) electrons. The van der Waals surface area contributed by atoms with Gasteiger partial charge in [0.2, 0.25) is 0 Å². The van der Waals surface area contributed by atoms with Crippen LogP contribution in [0.15, 0.2) is 46.6 Å². The van der Waals surface area contributed by atoms with Crippen molar-refractivity contribution in [1.29, 1.82) is 0 Å². The highest BCUT2D eigenvalue weighted by Gasteiger charge is 2.10. The summed E-state index contributed by atoms with van der Waals surface area (Å²) in [5, 5.41) is 19.2. The first-order valence-corrected chi connectivity index (χ1v) is 16.3. The summed E-state index contributed by atoms with van der Waals surface area (Å²) in [4.78, 5) is 10.3. The number of hydrogen-bond donors (Lipinski definition) is 0. The highest BCUT2D eigenvalue weighted by Crippen LogP contribution is 2.30. The van der Waals surface area contributed by atoms with Crippen molar-refractivity contribution >= 4 is 54.3 Å². The average molecular weight is 637 g/mol. The van der Waals surface area contributed by atoms with E-state index in [-0.39, 0.29) is 5.69 Å². The van der Waals surface area contributed by atoms with Crippen LogP contribution < -0.4 is 4.74 Å². The number of aryl methyl sites for hydroxylation is 2. The van der Waals surface area contributed by atoms with Crippen molar-refractivity contribution in [2.75, 3.05) is 6.61 Å². The maximum atomic E-state index is 10.7. The van der Waals surface area contributed by atoms with Gasteiger partial charge in [-0.1, -0.05) is 33.1 Å². The van der Waals surface area contributed by atoms with Crippen molar-refractivity contribution in [3.8, 4) is 5.75 Å². The summed E-state index contributed by atoms with van der Waals surface area (Å²) in [7, 11) is 0. The molecule has 0 N–H and O–H groups in total. The molecule has 0 aromatic heterocycles. The largest absolute Gasteiger partial charge is 0.493 e. The minimum Gasteiger partial charge on any atom is -0.493 e. The Labute approximate surface area is 202 Å². The van der Waals surface area contributed by atoms with Gasteiger partial charge in [-0.05, 0) is 61.6 Å². The number of nitrogens with zero attached hydrogens (tertiary/aromatic N) is 3. The molecular weight excluding hydrogens is 608 g/mol. The standard InChI is InChI=1S/C22H29N3O3.I2/c1-5-7-8-18(6-2)15-28-22-14-16(3)21(13-17(22)4)24-23-19-9-11-20(12-10-19)25(26)27;1-2/h9-14,18H,5-8,15H2,1-4H3;. The minimum atomic E-state index is -0.432. The third kappa shape index (κ3) is 8.83. The molecule has 0 saturated heterocycles. The number of nitro benzene ring substituents is 1. The quantitative estimate of drug-likeness (QED) is 0.113. The van der Waals surface area contributed by atoms with Crippen LogP contribution in [0, 0.1) is 29.9 Å². The van der Waals surface area contributed by atoms with Crippen LogP contribution in [-0.2, 0) is 0 Å². The maximum Gasteiger partial charge on any atom is 0.269 e. The summed E-state index contributed by atoms with van der Waals surface area (Å²) in [5.41, 5.74) is 3.38. The Balaban J connectivity index is 0.00000218. The molecule has 2 rings (SSSR count). The van der Waals surface area contributed by atoms with Crippen LogP contribution >= 0.6 is 37.2 Å². The number of rotatable bonds is 10. The van der Waals surface area contributed by atoms with E-state index in [1.807, 2.05) is 26.0 Å². The van der Waals surface area contributed by atoms with Crippen molar-refractivity contribution in [1.82, 2.24) is 0 Å². The van der Waals surface area contributed by atoms with E-state index in [1.165, 1.54) is 31.4 Å². The monoisotopic (exact) mass is 637 g/mol. The summed E-state index contributed by atoms with van der Waals surface area (Å²) in [5.74, 6) is 1.47. The van der Waals surface area contributed by atoms with Crippen LogP contribution in [0.3, 0.4) is 0 Å². The Hall–Kier alpha value is -1.30. The van der Waals surface area contributed by atoms with E-state index in [9.17, 15) is 10.1 Å². The third-order valence-corrected chi connectivity index (χ3v) is 4.85. The first-order chi connectivity index (χ1) is 14.4. The van der Waals surface area contributed by atoms with Gasteiger partial charge in [-0.2, -0.15) is 10.2 Å². The van der Waals surface area contributed by atoms with Gasteiger partial charge < -0.3 is 4.74 Å². The van der Waals surface area contributed by atoms with Gasteiger partial charge in [-0.25, -0.2) is 0 Å². The lowest BCUT2D eigenvalue weighted by atomic mass is 10.0. The molecule has 2 aromatic rings. The lowest BCUT2D eigenvalue weighted by Gasteiger charge is -2.17. The molecule has 0 saturated carbocycles. The van der Waals surface area contributed by atoms with Gasteiger partial charge in [0.1, 0.15) is 5.75 Å². The number of nitro groups is 1. The zero-order chi connectivity index (χ0) is 22.5. The smallest absolute Gasteiger partial charge is 0.269 e. The van der Waals surface area contributed by atoms with E-state index >= 15 is 0 Å². The van der Waals surface area contributed by atoms with Crippen LogP contribution in [0.5, 0.6) is 5.75 Å². The SMILES string of the molecule is CCCCC(CC)COc1cc(C)c(N=Nc2ccc([N+](=O)[O-])cc2)cc1C.II. The van der Waals surface area contributed by atoms with Gasteiger partial charge >= 0.3 is 0 Å². The van der Waals surface area contributed by atoms with Crippen LogP contribution in [0.2, 0.25) is 0 Å². The molecule has 30 heavy (non-hydrogen) atoms. The zero-order valence-electron chi connectivity index (χ0n) is 17.9. The topological polar surface area (TPSA) is 77.1 Å². The second kappa shape index (κ2) is 14.7. The molecule has 8 heteroatoms. The average Bonchev–Trinajstić information content (AvgIpc) is 2.76. The molecule has 6 nitrogen and oxygen atoms in total. The fourth-order valence-corrected chi connectivity index (χ4v) is 2.90. The Morgan fingerprint density at radius 3 is 2.30 bits per heavy atom. The fourth-order valence-electron chi connectivity index (χ4n) is 2.90. The number of hydrogen-bond acceptors (Lipinski definition) is 5. The lowest BCUT2D eigenvalue weighted by Crippen LogP contribution is -2.11. The predicted octanol–water partition coefficient (Wildman–Crippen LogP) is 8.99. The second-order valence-electron chi connectivity index (χ2n) is 7.11. The second-order valence-corrected chi connectivity index (χ2v) is 7.11. The van der Waals surface area contributed by atoms with E-state index in [4.69, 9.17) is 4.74 Å². The number of benzene rings is 2. The summed E-state index contributed by atoms with van der Waals surface area (Å²) in [6.45, 7) is 9.15.